The molecule has 4 saturated carbocycles. The topological polar surface area (TPSA) is 74.6 Å². The predicted octanol–water partition coefficient (Wildman–Crippen LogP) is 2.11. The zero-order chi connectivity index (χ0) is 16.4. The first-order valence-corrected chi connectivity index (χ1v) is 9.27. The van der Waals surface area contributed by atoms with E-state index in [9.17, 15) is 19.8 Å². The summed E-state index contributed by atoms with van der Waals surface area (Å²) in [5.41, 5.74) is -0.624. The molecule has 128 valence electrons. The summed E-state index contributed by atoms with van der Waals surface area (Å²) in [6.07, 6.45) is 6.38. The number of carbonyl (C=O) groups is 2. The van der Waals surface area contributed by atoms with Gasteiger partial charge in [-0.2, -0.15) is 0 Å². The summed E-state index contributed by atoms with van der Waals surface area (Å²) in [6.45, 7) is 2.18. The van der Waals surface area contributed by atoms with E-state index in [-0.39, 0.29) is 35.1 Å². The van der Waals surface area contributed by atoms with Gasteiger partial charge in [-0.1, -0.05) is 6.92 Å². The molecule has 0 bridgehead atoms. The number of aldehydes is 1. The van der Waals surface area contributed by atoms with Crippen LogP contribution >= 0.6 is 0 Å². The second-order valence-corrected chi connectivity index (χ2v) is 8.90. The number of fused-ring (bicyclic) bond motifs is 5. The summed E-state index contributed by atoms with van der Waals surface area (Å²) >= 11 is 0. The van der Waals surface area contributed by atoms with Crippen molar-refractivity contribution < 1.29 is 19.8 Å². The van der Waals surface area contributed by atoms with Crippen molar-refractivity contribution in [3.63, 3.8) is 0 Å². The second kappa shape index (κ2) is 5.13. The Bertz CT molecular complexity index is 531. The molecule has 0 aliphatic heterocycles. The Morgan fingerprint density at radius 1 is 1.09 bits per heavy atom. The molecule has 0 spiro atoms. The van der Waals surface area contributed by atoms with Crippen LogP contribution in [0.3, 0.4) is 0 Å². The number of rotatable bonds is 1. The van der Waals surface area contributed by atoms with Crippen LogP contribution in [0.5, 0.6) is 0 Å². The summed E-state index contributed by atoms with van der Waals surface area (Å²) in [6, 6.07) is 0. The summed E-state index contributed by atoms with van der Waals surface area (Å²) < 4.78 is 0. The van der Waals surface area contributed by atoms with Crippen LogP contribution < -0.4 is 0 Å². The van der Waals surface area contributed by atoms with E-state index in [1.807, 2.05) is 0 Å². The largest absolute Gasteiger partial charge is 0.393 e. The Balaban J connectivity index is 1.72. The van der Waals surface area contributed by atoms with Crippen molar-refractivity contribution in [2.45, 2.75) is 70.5 Å². The molecule has 23 heavy (non-hydrogen) atoms. The van der Waals surface area contributed by atoms with Gasteiger partial charge in [0.15, 0.2) is 0 Å². The molecule has 0 heterocycles. The molecule has 4 rings (SSSR count). The molecule has 4 aliphatic carbocycles. The Hall–Kier alpha value is -0.740. The minimum absolute atomic E-state index is 0.0768. The van der Waals surface area contributed by atoms with Gasteiger partial charge in [0.2, 0.25) is 0 Å². The van der Waals surface area contributed by atoms with Crippen LogP contribution in [0.2, 0.25) is 0 Å². The maximum Gasteiger partial charge on any atom is 0.137 e. The van der Waals surface area contributed by atoms with E-state index in [2.05, 4.69) is 6.92 Å². The number of aliphatic hydroxyl groups excluding tert-OH is 2. The van der Waals surface area contributed by atoms with Gasteiger partial charge in [-0.05, 0) is 68.1 Å². The lowest BCUT2D eigenvalue weighted by Crippen LogP contribution is -2.59. The molecule has 4 fully saturated rings. The van der Waals surface area contributed by atoms with E-state index in [1.165, 1.54) is 0 Å². The number of carbonyl (C=O) groups excluding carboxylic acids is 2. The van der Waals surface area contributed by atoms with Crippen LogP contribution in [0.15, 0.2) is 0 Å². The fraction of sp³-hybridized carbons (Fsp3) is 0.895. The van der Waals surface area contributed by atoms with E-state index < -0.39 is 11.5 Å². The molecule has 0 unspecified atom stereocenters. The first-order chi connectivity index (χ1) is 10.9. The van der Waals surface area contributed by atoms with Gasteiger partial charge in [-0.3, -0.25) is 4.79 Å². The molecule has 2 N–H and O–H groups in total. The summed E-state index contributed by atoms with van der Waals surface area (Å²) in [4.78, 5) is 25.0. The first kappa shape index (κ1) is 15.8. The second-order valence-electron chi connectivity index (χ2n) is 8.90. The first-order valence-electron chi connectivity index (χ1n) is 9.27. The predicted molar refractivity (Wildman–Crippen MR) is 84.5 cm³/mol. The maximum atomic E-state index is 12.8. The molecule has 0 saturated heterocycles. The third-order valence-electron chi connectivity index (χ3n) is 8.19. The minimum atomic E-state index is -0.548. The lowest BCUT2D eigenvalue weighted by Gasteiger charge is -2.58. The highest BCUT2D eigenvalue weighted by atomic mass is 16.3. The molecule has 8 atom stereocenters. The van der Waals surface area contributed by atoms with Crippen molar-refractivity contribution in [2.75, 3.05) is 0 Å². The number of Topliss-reactive ketones (excluding diaryl/α,β-unsaturated/α-hetero) is 1. The molecular weight excluding hydrogens is 292 g/mol. The average molecular weight is 320 g/mol. The normalized spacial score (nSPS) is 55.7. The molecule has 4 nitrogen and oxygen atoms in total. The summed E-state index contributed by atoms with van der Waals surface area (Å²) in [5.74, 6) is 0.780. The van der Waals surface area contributed by atoms with E-state index >= 15 is 0 Å². The quantitative estimate of drug-likeness (QED) is 0.726. The van der Waals surface area contributed by atoms with E-state index in [4.69, 9.17) is 0 Å². The number of ketones is 1. The molecule has 0 aromatic rings. The Morgan fingerprint density at radius 3 is 2.61 bits per heavy atom. The van der Waals surface area contributed by atoms with Crippen molar-refractivity contribution in [3.8, 4) is 0 Å². The number of hydrogen-bond donors (Lipinski definition) is 2. The number of aliphatic hydroxyl groups is 2. The molecule has 0 aromatic heterocycles. The highest BCUT2D eigenvalue weighted by Gasteiger charge is 2.63. The Morgan fingerprint density at radius 2 is 1.87 bits per heavy atom. The van der Waals surface area contributed by atoms with Crippen molar-refractivity contribution in [2.24, 2.45) is 34.5 Å². The lowest BCUT2D eigenvalue weighted by molar-refractivity contribution is -0.167. The van der Waals surface area contributed by atoms with Gasteiger partial charge >= 0.3 is 0 Å². The van der Waals surface area contributed by atoms with E-state index in [1.54, 1.807) is 0 Å². The molecular formula is C19H28O4. The van der Waals surface area contributed by atoms with Crippen molar-refractivity contribution in [1.82, 2.24) is 0 Å². The highest BCUT2D eigenvalue weighted by molar-refractivity contribution is 5.87. The van der Waals surface area contributed by atoms with Crippen molar-refractivity contribution in [1.29, 1.82) is 0 Å². The van der Waals surface area contributed by atoms with Gasteiger partial charge in [0.25, 0.3) is 0 Å². The van der Waals surface area contributed by atoms with Gasteiger partial charge in [0.05, 0.1) is 12.2 Å². The molecule has 0 amide bonds. The molecule has 4 aliphatic rings. The summed E-state index contributed by atoms with van der Waals surface area (Å²) in [5, 5.41) is 20.4. The molecule has 4 heteroatoms. The third kappa shape index (κ3) is 1.97. The van der Waals surface area contributed by atoms with Crippen LogP contribution in [0, 0.1) is 34.5 Å². The van der Waals surface area contributed by atoms with E-state index in [0.29, 0.717) is 31.6 Å². The Kier molecular flexibility index (Phi) is 3.51. The molecule has 0 radical (unpaired) electrons. The van der Waals surface area contributed by atoms with Gasteiger partial charge in [0, 0.05) is 17.8 Å². The lowest BCUT2D eigenvalue weighted by atomic mass is 9.44. The zero-order valence-electron chi connectivity index (χ0n) is 13.9. The standard InChI is InChI=1S/C19H28O4/c1-18-6-5-14-12(13(18)2-3-17(18)23)9-16(22)15-8-11(21)4-7-19(14,15)10-20/h10-15,17,21,23H,2-9H2,1H3/t11-,12-,13-,14-,15+,17-,18-,19-/m0/s1. The van der Waals surface area contributed by atoms with Crippen molar-refractivity contribution >= 4 is 12.1 Å². The van der Waals surface area contributed by atoms with Crippen LogP contribution in [0.4, 0.5) is 0 Å². The smallest absolute Gasteiger partial charge is 0.137 e. The van der Waals surface area contributed by atoms with Crippen molar-refractivity contribution in [3.05, 3.63) is 0 Å². The molecule has 0 aromatic carbocycles. The average Bonchev–Trinajstić information content (AvgIpc) is 2.84. The van der Waals surface area contributed by atoms with E-state index in [0.717, 1.165) is 32.0 Å². The fourth-order valence-corrected chi connectivity index (χ4v) is 6.89. The monoisotopic (exact) mass is 320 g/mol. The van der Waals surface area contributed by atoms with Crippen LogP contribution in [-0.4, -0.2) is 34.5 Å². The van der Waals surface area contributed by atoms with Crippen LogP contribution in [-0.2, 0) is 9.59 Å². The fourth-order valence-electron chi connectivity index (χ4n) is 6.89. The highest BCUT2D eigenvalue weighted by Crippen LogP contribution is 2.65. The van der Waals surface area contributed by atoms with Gasteiger partial charge in [-0.25, -0.2) is 0 Å². The minimum Gasteiger partial charge on any atom is -0.393 e. The zero-order valence-corrected chi connectivity index (χ0v) is 13.9. The Labute approximate surface area is 137 Å². The van der Waals surface area contributed by atoms with Gasteiger partial charge in [-0.15, -0.1) is 0 Å². The summed E-state index contributed by atoms with van der Waals surface area (Å²) in [7, 11) is 0. The SMILES string of the molecule is C[C@]12CC[C@H]3[C@@H](CC(=O)[C@H]4C[C@@H](O)CC[C@@]43C=O)[C@@H]1CC[C@@H]2O. The van der Waals surface area contributed by atoms with Crippen LogP contribution in [0.1, 0.15) is 58.3 Å². The van der Waals surface area contributed by atoms with Crippen LogP contribution in [0.25, 0.3) is 0 Å². The van der Waals surface area contributed by atoms with Gasteiger partial charge in [0.1, 0.15) is 12.1 Å². The van der Waals surface area contributed by atoms with Gasteiger partial charge < -0.3 is 15.0 Å². The third-order valence-corrected chi connectivity index (χ3v) is 8.19. The number of hydrogen-bond acceptors (Lipinski definition) is 4. The maximum absolute atomic E-state index is 12.8.